The van der Waals surface area contributed by atoms with Crippen LogP contribution in [0.3, 0.4) is 0 Å². The average Bonchev–Trinajstić information content (AvgIpc) is 2.05. The minimum absolute atomic E-state index is 0.220. The third-order valence-electron chi connectivity index (χ3n) is 2.47. The highest BCUT2D eigenvalue weighted by atomic mass is 32.2. The number of nitriles is 1. The zero-order valence-electron chi connectivity index (χ0n) is 7.45. The first-order chi connectivity index (χ1) is 5.74. The number of hydrogen-bond donors (Lipinski definition) is 0. The van der Waals surface area contributed by atoms with Gasteiger partial charge >= 0.3 is 0 Å². The van der Waals surface area contributed by atoms with Crippen molar-refractivity contribution in [3.05, 3.63) is 0 Å². The molecule has 12 heavy (non-hydrogen) atoms. The molecule has 1 fully saturated rings. The maximum absolute atomic E-state index is 11.4. The number of nitrogens with zero attached hydrogens (tertiary/aromatic N) is 1. The molecule has 1 saturated carbocycles. The van der Waals surface area contributed by atoms with Crippen molar-refractivity contribution in [3.8, 4) is 6.07 Å². The van der Waals surface area contributed by atoms with Gasteiger partial charge in [0.15, 0.2) is 0 Å². The van der Waals surface area contributed by atoms with Crippen LogP contribution in [-0.2, 0) is 10.8 Å². The molecule has 0 aromatic heterocycles. The minimum Gasteiger partial charge on any atom is -0.258 e. The van der Waals surface area contributed by atoms with E-state index in [4.69, 9.17) is 5.26 Å². The third-order valence-corrected chi connectivity index (χ3v) is 4.05. The maximum Gasteiger partial charge on any atom is 0.111 e. The Bertz CT molecular complexity index is 209. The molecule has 3 heteroatoms. The molecule has 1 aliphatic rings. The summed E-state index contributed by atoms with van der Waals surface area (Å²) < 4.78 is 11.4. The maximum atomic E-state index is 11.4. The summed E-state index contributed by atoms with van der Waals surface area (Å²) >= 11 is 0. The van der Waals surface area contributed by atoms with Gasteiger partial charge in [-0.2, -0.15) is 5.26 Å². The normalized spacial score (nSPS) is 32.3. The van der Waals surface area contributed by atoms with Gasteiger partial charge in [0.1, 0.15) is 5.75 Å². The first kappa shape index (κ1) is 9.73. The van der Waals surface area contributed by atoms with Gasteiger partial charge in [0.05, 0.1) is 6.07 Å². The Morgan fingerprint density at radius 3 is 2.92 bits per heavy atom. The van der Waals surface area contributed by atoms with Gasteiger partial charge in [-0.05, 0) is 18.8 Å². The van der Waals surface area contributed by atoms with Crippen LogP contribution >= 0.6 is 0 Å². The molecule has 0 N–H and O–H groups in total. The second-order valence-electron chi connectivity index (χ2n) is 3.58. The third kappa shape index (κ3) is 2.60. The summed E-state index contributed by atoms with van der Waals surface area (Å²) in [5.41, 5.74) is 0. The zero-order valence-corrected chi connectivity index (χ0v) is 8.27. The van der Waals surface area contributed by atoms with E-state index in [1.807, 2.05) is 6.07 Å². The van der Waals surface area contributed by atoms with Crippen LogP contribution in [0.1, 0.15) is 32.6 Å². The largest absolute Gasteiger partial charge is 0.258 e. The van der Waals surface area contributed by atoms with Gasteiger partial charge in [0.2, 0.25) is 0 Å². The molecule has 0 aromatic rings. The van der Waals surface area contributed by atoms with Gasteiger partial charge in [-0.3, -0.25) is 4.21 Å². The smallest absolute Gasteiger partial charge is 0.111 e. The Kier molecular flexibility index (Phi) is 3.74. The Hall–Kier alpha value is -0.360. The molecular formula is C9H15NOS. The monoisotopic (exact) mass is 185 g/mol. The summed E-state index contributed by atoms with van der Waals surface area (Å²) in [7, 11) is -0.888. The summed E-state index contributed by atoms with van der Waals surface area (Å²) in [4.78, 5) is 0. The minimum atomic E-state index is -0.888. The van der Waals surface area contributed by atoms with Crippen LogP contribution in [0.5, 0.6) is 0 Å². The number of hydrogen-bond acceptors (Lipinski definition) is 2. The van der Waals surface area contributed by atoms with E-state index in [1.54, 1.807) is 0 Å². The first-order valence-corrected chi connectivity index (χ1v) is 5.86. The quantitative estimate of drug-likeness (QED) is 0.658. The van der Waals surface area contributed by atoms with Crippen molar-refractivity contribution >= 4 is 10.8 Å². The summed E-state index contributed by atoms with van der Waals surface area (Å²) in [6, 6.07) is 1.98. The summed E-state index contributed by atoms with van der Waals surface area (Å²) in [6.07, 6.45) is 4.55. The Balaban J connectivity index is 2.41. The molecule has 3 atom stereocenters. The number of rotatable bonds is 2. The van der Waals surface area contributed by atoms with Crippen molar-refractivity contribution in [1.29, 1.82) is 5.26 Å². The highest BCUT2D eigenvalue weighted by Gasteiger charge is 2.23. The van der Waals surface area contributed by atoms with E-state index in [0.29, 0.717) is 11.2 Å². The van der Waals surface area contributed by atoms with E-state index in [2.05, 4.69) is 6.92 Å². The predicted molar refractivity (Wildman–Crippen MR) is 50.0 cm³/mol. The molecule has 0 aromatic carbocycles. The summed E-state index contributed by atoms with van der Waals surface area (Å²) in [5.74, 6) is 0.920. The van der Waals surface area contributed by atoms with E-state index in [-0.39, 0.29) is 5.75 Å². The lowest BCUT2D eigenvalue weighted by Crippen LogP contribution is -2.24. The lowest BCUT2D eigenvalue weighted by atomic mass is 9.91. The van der Waals surface area contributed by atoms with Gasteiger partial charge in [-0.25, -0.2) is 0 Å². The van der Waals surface area contributed by atoms with Crippen LogP contribution in [0.4, 0.5) is 0 Å². The molecule has 2 nitrogen and oxygen atoms in total. The standard InChI is InChI=1S/C9H15NOS/c1-8-3-2-4-9(7-8)12(11)6-5-10/h8-9H,2-4,6-7H2,1H3. The average molecular weight is 185 g/mol. The Morgan fingerprint density at radius 1 is 1.58 bits per heavy atom. The molecule has 0 aliphatic heterocycles. The SMILES string of the molecule is CC1CCCC(S(=O)CC#N)C1. The van der Waals surface area contributed by atoms with Crippen molar-refractivity contribution in [2.75, 3.05) is 5.75 Å². The molecule has 0 saturated heterocycles. The van der Waals surface area contributed by atoms with Gasteiger partial charge in [-0.15, -0.1) is 0 Å². The van der Waals surface area contributed by atoms with Gasteiger partial charge < -0.3 is 0 Å². The molecule has 68 valence electrons. The van der Waals surface area contributed by atoms with Crippen LogP contribution in [0, 0.1) is 17.2 Å². The van der Waals surface area contributed by atoms with Gasteiger partial charge in [-0.1, -0.05) is 19.8 Å². The lowest BCUT2D eigenvalue weighted by molar-refractivity contribution is 0.389. The molecule has 3 unspecified atom stereocenters. The fraction of sp³-hybridized carbons (Fsp3) is 0.889. The van der Waals surface area contributed by atoms with E-state index in [9.17, 15) is 4.21 Å². The highest BCUT2D eigenvalue weighted by molar-refractivity contribution is 7.85. The van der Waals surface area contributed by atoms with Crippen LogP contribution in [-0.4, -0.2) is 15.2 Å². The van der Waals surface area contributed by atoms with Crippen molar-refractivity contribution < 1.29 is 4.21 Å². The summed E-state index contributed by atoms with van der Waals surface area (Å²) in [5, 5.41) is 8.69. The van der Waals surface area contributed by atoms with Gasteiger partial charge in [0, 0.05) is 16.0 Å². The lowest BCUT2D eigenvalue weighted by Gasteiger charge is -2.25. The molecule has 1 aliphatic carbocycles. The van der Waals surface area contributed by atoms with Crippen molar-refractivity contribution in [1.82, 2.24) is 0 Å². The van der Waals surface area contributed by atoms with Crippen molar-refractivity contribution in [2.24, 2.45) is 5.92 Å². The predicted octanol–water partition coefficient (Wildman–Crippen LogP) is 1.84. The zero-order chi connectivity index (χ0) is 8.97. The first-order valence-electron chi connectivity index (χ1n) is 4.48. The Morgan fingerprint density at radius 2 is 2.33 bits per heavy atom. The molecular weight excluding hydrogens is 170 g/mol. The van der Waals surface area contributed by atoms with Crippen LogP contribution in [0.25, 0.3) is 0 Å². The molecule has 0 amide bonds. The molecule has 0 radical (unpaired) electrons. The molecule has 0 bridgehead atoms. The van der Waals surface area contributed by atoms with E-state index in [1.165, 1.54) is 12.8 Å². The molecule has 0 heterocycles. The summed E-state index contributed by atoms with van der Waals surface area (Å²) in [6.45, 7) is 2.20. The van der Waals surface area contributed by atoms with Crippen molar-refractivity contribution in [2.45, 2.75) is 37.9 Å². The van der Waals surface area contributed by atoms with E-state index >= 15 is 0 Å². The van der Waals surface area contributed by atoms with Crippen LogP contribution < -0.4 is 0 Å². The van der Waals surface area contributed by atoms with Crippen LogP contribution in [0.2, 0.25) is 0 Å². The van der Waals surface area contributed by atoms with Crippen LogP contribution in [0.15, 0.2) is 0 Å². The van der Waals surface area contributed by atoms with Crippen molar-refractivity contribution in [3.63, 3.8) is 0 Å². The Labute approximate surface area is 76.4 Å². The van der Waals surface area contributed by atoms with Gasteiger partial charge in [0.25, 0.3) is 0 Å². The molecule has 0 spiro atoms. The molecule has 1 rings (SSSR count). The highest BCUT2D eigenvalue weighted by Crippen LogP contribution is 2.26. The second-order valence-corrected chi connectivity index (χ2v) is 5.29. The second kappa shape index (κ2) is 4.61. The van der Waals surface area contributed by atoms with E-state index in [0.717, 1.165) is 12.8 Å². The van der Waals surface area contributed by atoms with E-state index < -0.39 is 10.8 Å². The fourth-order valence-corrected chi connectivity index (χ4v) is 3.13. The fourth-order valence-electron chi connectivity index (χ4n) is 1.80. The topological polar surface area (TPSA) is 40.9 Å².